The lowest BCUT2D eigenvalue weighted by atomic mass is 10.0. The molecule has 1 aromatic heterocycles. The molecule has 0 radical (unpaired) electrons. The molecule has 10 heteroatoms. The van der Waals surface area contributed by atoms with E-state index in [2.05, 4.69) is 28.1 Å². The van der Waals surface area contributed by atoms with Gasteiger partial charge in [-0.15, -0.1) is 15.0 Å². The number of halogens is 1. The molecule has 1 amide bonds. The fourth-order valence-electron chi connectivity index (χ4n) is 3.57. The van der Waals surface area contributed by atoms with Crippen LogP contribution in [0.15, 0.2) is 61.7 Å². The maximum atomic E-state index is 14.2. The summed E-state index contributed by atoms with van der Waals surface area (Å²) in [7, 11) is 0. The van der Waals surface area contributed by atoms with Crippen molar-refractivity contribution in [3.8, 4) is 18.0 Å². The second kappa shape index (κ2) is 11.4. The number of fused-ring (bicyclic) bond motifs is 1. The summed E-state index contributed by atoms with van der Waals surface area (Å²) >= 11 is 0. The van der Waals surface area contributed by atoms with Gasteiger partial charge >= 0.3 is 18.0 Å². The van der Waals surface area contributed by atoms with Crippen LogP contribution in [0.5, 0.6) is 18.0 Å². The lowest BCUT2D eigenvalue weighted by molar-refractivity contribution is -0.0415. The van der Waals surface area contributed by atoms with E-state index in [0.717, 1.165) is 0 Å². The van der Waals surface area contributed by atoms with Gasteiger partial charge in [0.25, 0.3) is 5.91 Å². The van der Waals surface area contributed by atoms with E-state index in [-0.39, 0.29) is 56.1 Å². The highest BCUT2D eigenvalue weighted by molar-refractivity contribution is 6.07. The Morgan fingerprint density at radius 1 is 1.00 bits per heavy atom. The number of amides is 1. The quantitative estimate of drug-likeness (QED) is 0.408. The molecular weight excluding hydrogens is 455 g/mol. The van der Waals surface area contributed by atoms with Gasteiger partial charge in [-0.05, 0) is 17.5 Å². The first kappa shape index (κ1) is 24.1. The smallest absolute Gasteiger partial charge is 0.326 e. The average Bonchev–Trinajstić information content (AvgIpc) is 2.90. The van der Waals surface area contributed by atoms with E-state index in [9.17, 15) is 9.18 Å². The fourth-order valence-corrected chi connectivity index (χ4v) is 3.57. The second-order valence-corrected chi connectivity index (χ2v) is 7.58. The first-order valence-electron chi connectivity index (χ1n) is 11.0. The number of hydrogen-bond acceptors (Lipinski definition) is 8. The number of rotatable bonds is 10. The van der Waals surface area contributed by atoms with Crippen LogP contribution >= 0.6 is 0 Å². The monoisotopic (exact) mass is 480 g/mol. The molecule has 0 saturated carbocycles. The second-order valence-electron chi connectivity index (χ2n) is 7.58. The molecule has 3 aromatic rings. The summed E-state index contributed by atoms with van der Waals surface area (Å²) in [5.74, 6) is -0.564. The van der Waals surface area contributed by atoms with Crippen LogP contribution in [0.1, 0.15) is 10.4 Å². The van der Waals surface area contributed by atoms with E-state index in [4.69, 9.17) is 18.9 Å². The van der Waals surface area contributed by atoms with Gasteiger partial charge in [-0.2, -0.15) is 0 Å². The van der Waals surface area contributed by atoms with E-state index < -0.39 is 6.10 Å². The first-order valence-corrected chi connectivity index (χ1v) is 11.0. The highest BCUT2D eigenvalue weighted by Gasteiger charge is 2.27. The van der Waals surface area contributed by atoms with E-state index in [0.29, 0.717) is 29.5 Å². The Morgan fingerprint density at radius 2 is 1.63 bits per heavy atom. The summed E-state index contributed by atoms with van der Waals surface area (Å²) in [6.07, 6.45) is 2.69. The van der Waals surface area contributed by atoms with E-state index in [1.807, 2.05) is 0 Å². The molecule has 9 nitrogen and oxygen atoms in total. The Hall–Kier alpha value is -4.05. The molecule has 0 N–H and O–H groups in total. The van der Waals surface area contributed by atoms with Crippen LogP contribution in [-0.4, -0.2) is 71.4 Å². The largest absolute Gasteiger partial charge is 0.460 e. The van der Waals surface area contributed by atoms with Gasteiger partial charge in [0.05, 0.1) is 13.2 Å². The standard InChI is InChI=1S/C25H25FN4O5/c1-3-12-33-23-27-24(34-13-4-2)29-25(28-23)35-16-17-15-30(11-14-32-17)22(31)20-9-10-21(26)19-8-6-5-7-18(19)20/h3-10,17H,1-2,11-16H2. The van der Waals surface area contributed by atoms with Crippen molar-refractivity contribution in [1.29, 1.82) is 0 Å². The normalized spacial score (nSPS) is 15.5. The van der Waals surface area contributed by atoms with Gasteiger partial charge in [0.1, 0.15) is 31.7 Å². The van der Waals surface area contributed by atoms with Crippen molar-refractivity contribution < 1.29 is 28.1 Å². The molecule has 1 atom stereocenters. The summed E-state index contributed by atoms with van der Waals surface area (Å²) in [6.45, 7) is 8.69. The third-order valence-corrected chi connectivity index (χ3v) is 5.16. The van der Waals surface area contributed by atoms with Crippen LogP contribution in [0.3, 0.4) is 0 Å². The molecule has 2 aromatic carbocycles. The highest BCUT2D eigenvalue weighted by Crippen LogP contribution is 2.24. The van der Waals surface area contributed by atoms with Gasteiger partial charge in [-0.25, -0.2) is 4.39 Å². The van der Waals surface area contributed by atoms with Crippen LogP contribution in [0.25, 0.3) is 10.8 Å². The molecule has 182 valence electrons. The average molecular weight is 480 g/mol. The third-order valence-electron chi connectivity index (χ3n) is 5.16. The molecule has 1 aliphatic rings. The van der Waals surface area contributed by atoms with Crippen LogP contribution in [0.4, 0.5) is 4.39 Å². The first-order chi connectivity index (χ1) is 17.1. The van der Waals surface area contributed by atoms with Gasteiger partial charge in [0.2, 0.25) is 0 Å². The lowest BCUT2D eigenvalue weighted by Crippen LogP contribution is -2.47. The lowest BCUT2D eigenvalue weighted by Gasteiger charge is -2.33. The van der Waals surface area contributed by atoms with Crippen molar-refractivity contribution in [1.82, 2.24) is 19.9 Å². The number of nitrogens with zero attached hydrogens (tertiary/aromatic N) is 4. The van der Waals surface area contributed by atoms with Gasteiger partial charge in [0.15, 0.2) is 0 Å². The van der Waals surface area contributed by atoms with Crippen LogP contribution in [-0.2, 0) is 4.74 Å². The summed E-state index contributed by atoms with van der Waals surface area (Å²) in [5.41, 5.74) is 0.439. The maximum Gasteiger partial charge on any atom is 0.326 e. The molecule has 2 heterocycles. The number of aromatic nitrogens is 3. The minimum absolute atomic E-state index is 0.00490. The van der Waals surface area contributed by atoms with Crippen LogP contribution in [0, 0.1) is 5.82 Å². The van der Waals surface area contributed by atoms with Gasteiger partial charge < -0.3 is 23.8 Å². The number of ether oxygens (including phenoxy) is 4. The number of hydrogen-bond donors (Lipinski definition) is 0. The predicted molar refractivity (Wildman–Crippen MR) is 126 cm³/mol. The Labute approximate surface area is 201 Å². The Balaban J connectivity index is 1.44. The van der Waals surface area contributed by atoms with E-state index in [1.165, 1.54) is 12.1 Å². The Bertz CT molecular complexity index is 1190. The van der Waals surface area contributed by atoms with E-state index in [1.54, 1.807) is 41.3 Å². The van der Waals surface area contributed by atoms with Crippen molar-refractivity contribution in [3.63, 3.8) is 0 Å². The molecule has 1 unspecified atom stereocenters. The predicted octanol–water partition coefficient (Wildman–Crippen LogP) is 3.21. The molecular formula is C25H25FN4O5. The maximum absolute atomic E-state index is 14.2. The Kier molecular flexibility index (Phi) is 7.84. The molecule has 1 saturated heterocycles. The summed E-state index contributed by atoms with van der Waals surface area (Å²) < 4.78 is 36.4. The van der Waals surface area contributed by atoms with Crippen LogP contribution in [0.2, 0.25) is 0 Å². The van der Waals surface area contributed by atoms with Crippen molar-refractivity contribution in [2.45, 2.75) is 6.10 Å². The van der Waals surface area contributed by atoms with Crippen molar-refractivity contribution >= 4 is 16.7 Å². The molecule has 4 rings (SSSR count). The fraction of sp³-hybridized carbons (Fsp3) is 0.280. The van der Waals surface area contributed by atoms with Gasteiger partial charge in [-0.3, -0.25) is 4.79 Å². The molecule has 0 spiro atoms. The molecule has 1 aliphatic heterocycles. The summed E-state index contributed by atoms with van der Waals surface area (Å²) in [6, 6.07) is 9.80. The minimum atomic E-state index is -0.425. The van der Waals surface area contributed by atoms with Crippen LogP contribution < -0.4 is 14.2 Å². The topological polar surface area (TPSA) is 95.9 Å². The molecule has 1 fully saturated rings. The number of morpholine rings is 1. The van der Waals surface area contributed by atoms with Crippen molar-refractivity contribution in [2.24, 2.45) is 0 Å². The summed E-state index contributed by atoms with van der Waals surface area (Å²) in [5, 5.41) is 0.978. The zero-order valence-electron chi connectivity index (χ0n) is 19.1. The van der Waals surface area contributed by atoms with E-state index >= 15 is 0 Å². The van der Waals surface area contributed by atoms with Crippen molar-refractivity contribution in [2.75, 3.05) is 39.5 Å². The zero-order chi connectivity index (χ0) is 24.6. The van der Waals surface area contributed by atoms with Gasteiger partial charge in [0, 0.05) is 17.5 Å². The highest BCUT2D eigenvalue weighted by atomic mass is 19.1. The zero-order valence-corrected chi connectivity index (χ0v) is 19.1. The number of benzene rings is 2. The molecule has 35 heavy (non-hydrogen) atoms. The van der Waals surface area contributed by atoms with Gasteiger partial charge in [-0.1, -0.05) is 49.6 Å². The van der Waals surface area contributed by atoms with Crippen molar-refractivity contribution in [3.05, 3.63) is 73.1 Å². The third kappa shape index (κ3) is 5.90. The Morgan fingerprint density at radius 3 is 2.29 bits per heavy atom. The molecule has 0 aliphatic carbocycles. The number of carbonyl (C=O) groups excluding carboxylic acids is 1. The minimum Gasteiger partial charge on any atom is -0.460 e. The summed E-state index contributed by atoms with van der Waals surface area (Å²) in [4.78, 5) is 27.2. The SMILES string of the molecule is C=CCOc1nc(OCC=C)nc(OCC2CN(C(=O)c3ccc(F)c4ccccc34)CCO2)n1. The molecule has 0 bridgehead atoms. The number of carbonyl (C=O) groups is 1.